The molecule has 2 N–H and O–H groups in total. The number of H-pyrrole nitrogens is 1. The van der Waals surface area contributed by atoms with Gasteiger partial charge in [-0.05, 0) is 31.2 Å². The van der Waals surface area contributed by atoms with Gasteiger partial charge in [-0.3, -0.25) is 14.9 Å². The van der Waals surface area contributed by atoms with E-state index in [0.29, 0.717) is 28.7 Å². The quantitative estimate of drug-likeness (QED) is 0.900. The molecule has 1 aliphatic rings. The number of anilines is 1. The fraction of sp³-hybridized carbons (Fsp3) is 0.500. The maximum atomic E-state index is 12.5. The van der Waals surface area contributed by atoms with E-state index >= 15 is 0 Å². The molecule has 1 aliphatic carbocycles. The maximum absolute atomic E-state index is 12.5. The number of hydrogen-bond acceptors (Lipinski definition) is 5. The summed E-state index contributed by atoms with van der Waals surface area (Å²) in [5.41, 5.74) is 2.75. The van der Waals surface area contributed by atoms with Crippen LogP contribution in [0.1, 0.15) is 63.8 Å². The molecule has 0 unspecified atom stereocenters. The van der Waals surface area contributed by atoms with Gasteiger partial charge in [0.05, 0.1) is 0 Å². The molecule has 1 amide bonds. The third kappa shape index (κ3) is 3.19. The second-order valence-electron chi connectivity index (χ2n) is 6.31. The Kier molecular flexibility index (Phi) is 4.30. The van der Waals surface area contributed by atoms with Gasteiger partial charge in [0.1, 0.15) is 10.7 Å². The fourth-order valence-corrected chi connectivity index (χ4v) is 3.84. The van der Waals surface area contributed by atoms with Gasteiger partial charge in [0, 0.05) is 24.1 Å². The van der Waals surface area contributed by atoms with Crippen molar-refractivity contribution in [3.8, 4) is 0 Å². The van der Waals surface area contributed by atoms with E-state index in [4.69, 9.17) is 0 Å². The van der Waals surface area contributed by atoms with E-state index in [-0.39, 0.29) is 11.7 Å². The zero-order valence-corrected chi connectivity index (χ0v) is 14.3. The number of aryl methyl sites for hydroxylation is 1. The lowest BCUT2D eigenvalue weighted by Gasteiger charge is -2.09. The minimum atomic E-state index is -0.267. The predicted molar refractivity (Wildman–Crippen MR) is 89.2 cm³/mol. The third-order valence-electron chi connectivity index (χ3n) is 3.93. The van der Waals surface area contributed by atoms with Crippen LogP contribution in [0.4, 0.5) is 5.13 Å². The van der Waals surface area contributed by atoms with E-state index in [1.807, 2.05) is 6.92 Å². The molecule has 0 aromatic carbocycles. The lowest BCUT2D eigenvalue weighted by atomic mass is 9.94. The van der Waals surface area contributed by atoms with Gasteiger partial charge in [0.15, 0.2) is 5.78 Å². The van der Waals surface area contributed by atoms with Crippen LogP contribution < -0.4 is 5.32 Å². The smallest absolute Gasteiger partial charge is 0.274 e. The molecule has 3 rings (SSSR count). The molecule has 122 valence electrons. The highest BCUT2D eigenvalue weighted by molar-refractivity contribution is 7.15. The van der Waals surface area contributed by atoms with Crippen LogP contribution in [-0.2, 0) is 12.8 Å². The number of fused-ring (bicyclic) bond motifs is 1. The maximum Gasteiger partial charge on any atom is 0.274 e. The number of carbonyl (C=O) groups excluding carboxylic acids is 2. The summed E-state index contributed by atoms with van der Waals surface area (Å²) in [7, 11) is 0. The predicted octanol–water partition coefficient (Wildman–Crippen LogP) is 3.14. The summed E-state index contributed by atoms with van der Waals surface area (Å²) < 4.78 is 0. The Hall–Kier alpha value is -2.02. The molecule has 0 saturated heterocycles. The third-order valence-corrected chi connectivity index (χ3v) is 4.80. The standard InChI is InChI=1S/C16H20N4O2S/c1-8(2)7-12-19-20-16(23-12)18-15(22)14-9(3)13-10(17-14)5-4-6-11(13)21/h8,17H,4-7H2,1-3H3,(H,18,20,22). The summed E-state index contributed by atoms with van der Waals surface area (Å²) in [6, 6.07) is 0. The first-order valence-corrected chi connectivity index (χ1v) is 8.65. The number of amides is 1. The summed E-state index contributed by atoms with van der Waals surface area (Å²) in [6.45, 7) is 6.05. The molecular weight excluding hydrogens is 312 g/mol. The van der Waals surface area contributed by atoms with Gasteiger partial charge in [-0.2, -0.15) is 0 Å². The van der Waals surface area contributed by atoms with Crippen LogP contribution in [0.15, 0.2) is 0 Å². The topological polar surface area (TPSA) is 87.7 Å². The molecule has 7 heteroatoms. The number of nitrogens with zero attached hydrogens (tertiary/aromatic N) is 2. The van der Waals surface area contributed by atoms with Crippen LogP contribution in [0.25, 0.3) is 0 Å². The van der Waals surface area contributed by atoms with E-state index in [9.17, 15) is 9.59 Å². The van der Waals surface area contributed by atoms with E-state index in [2.05, 4.69) is 34.3 Å². The highest BCUT2D eigenvalue weighted by Gasteiger charge is 2.26. The summed E-state index contributed by atoms with van der Waals surface area (Å²) >= 11 is 1.39. The van der Waals surface area contributed by atoms with Crippen molar-refractivity contribution in [2.75, 3.05) is 5.32 Å². The molecule has 2 aromatic heterocycles. The van der Waals surface area contributed by atoms with Gasteiger partial charge in [-0.25, -0.2) is 0 Å². The highest BCUT2D eigenvalue weighted by Crippen LogP contribution is 2.27. The monoisotopic (exact) mass is 332 g/mol. The van der Waals surface area contributed by atoms with Gasteiger partial charge in [0.2, 0.25) is 5.13 Å². The number of carbonyl (C=O) groups is 2. The van der Waals surface area contributed by atoms with Crippen LogP contribution in [-0.4, -0.2) is 26.9 Å². The van der Waals surface area contributed by atoms with Crippen LogP contribution in [0.3, 0.4) is 0 Å². The zero-order valence-electron chi connectivity index (χ0n) is 13.5. The van der Waals surface area contributed by atoms with Gasteiger partial charge >= 0.3 is 0 Å². The zero-order chi connectivity index (χ0) is 16.6. The first-order valence-electron chi connectivity index (χ1n) is 7.84. The van der Waals surface area contributed by atoms with Gasteiger partial charge in [-0.1, -0.05) is 25.2 Å². The molecule has 0 atom stereocenters. The van der Waals surface area contributed by atoms with Gasteiger partial charge in [0.25, 0.3) is 5.91 Å². The largest absolute Gasteiger partial charge is 0.354 e. The second kappa shape index (κ2) is 6.23. The first-order chi connectivity index (χ1) is 11.0. The van der Waals surface area contributed by atoms with Crippen molar-refractivity contribution < 1.29 is 9.59 Å². The van der Waals surface area contributed by atoms with Crippen LogP contribution in [0, 0.1) is 12.8 Å². The molecule has 0 radical (unpaired) electrons. The molecular formula is C16H20N4O2S. The fourth-order valence-electron chi connectivity index (χ4n) is 2.90. The van der Waals surface area contributed by atoms with Crippen molar-refractivity contribution in [1.82, 2.24) is 15.2 Å². The van der Waals surface area contributed by atoms with E-state index in [0.717, 1.165) is 35.5 Å². The highest BCUT2D eigenvalue weighted by atomic mass is 32.1. The number of Topliss-reactive ketones (excluding diaryl/α,β-unsaturated/α-hetero) is 1. The molecule has 0 bridgehead atoms. The number of hydrogen-bond donors (Lipinski definition) is 2. The summed E-state index contributed by atoms with van der Waals surface area (Å²) in [4.78, 5) is 27.6. The van der Waals surface area contributed by atoms with Crippen LogP contribution in [0.5, 0.6) is 0 Å². The summed E-state index contributed by atoms with van der Waals surface area (Å²) in [6.07, 6.45) is 3.05. The molecule has 2 aromatic rings. The first kappa shape index (κ1) is 15.9. The Balaban J connectivity index is 1.79. The minimum absolute atomic E-state index is 0.120. The van der Waals surface area contributed by atoms with E-state index < -0.39 is 0 Å². The Labute approximate surface area is 138 Å². The summed E-state index contributed by atoms with van der Waals surface area (Å²) in [5, 5.41) is 12.3. The minimum Gasteiger partial charge on any atom is -0.354 e. The SMILES string of the molecule is Cc1c(C(=O)Nc2nnc(CC(C)C)s2)[nH]c2c1C(=O)CCC2. The van der Waals surface area contributed by atoms with E-state index in [1.54, 1.807) is 0 Å². The molecule has 6 nitrogen and oxygen atoms in total. The van der Waals surface area contributed by atoms with Crippen LogP contribution in [0.2, 0.25) is 0 Å². The Morgan fingerprint density at radius 3 is 2.83 bits per heavy atom. The normalized spacial score (nSPS) is 14.2. The average Bonchev–Trinajstić information content (AvgIpc) is 3.04. The van der Waals surface area contributed by atoms with Crippen molar-refractivity contribution >= 4 is 28.2 Å². The number of nitrogens with one attached hydrogen (secondary N) is 2. The number of ketones is 1. The second-order valence-corrected chi connectivity index (χ2v) is 7.37. The van der Waals surface area contributed by atoms with Crippen molar-refractivity contribution in [2.45, 2.75) is 46.5 Å². The summed E-state index contributed by atoms with van der Waals surface area (Å²) in [5.74, 6) is 0.348. The Morgan fingerprint density at radius 1 is 1.35 bits per heavy atom. The van der Waals surface area contributed by atoms with Crippen molar-refractivity contribution in [3.05, 3.63) is 27.5 Å². The lowest BCUT2D eigenvalue weighted by molar-refractivity contribution is 0.0971. The molecule has 0 saturated carbocycles. The molecule has 0 aliphatic heterocycles. The van der Waals surface area contributed by atoms with Gasteiger partial charge < -0.3 is 4.98 Å². The van der Waals surface area contributed by atoms with Gasteiger partial charge in [-0.15, -0.1) is 10.2 Å². The van der Waals surface area contributed by atoms with Crippen LogP contribution >= 0.6 is 11.3 Å². The molecule has 0 spiro atoms. The Bertz CT molecular complexity index is 760. The van der Waals surface area contributed by atoms with E-state index in [1.165, 1.54) is 11.3 Å². The number of aromatic nitrogens is 3. The number of rotatable bonds is 4. The van der Waals surface area contributed by atoms with Crippen molar-refractivity contribution in [2.24, 2.45) is 5.92 Å². The average molecular weight is 332 g/mol. The molecule has 2 heterocycles. The molecule has 0 fully saturated rings. The molecule has 23 heavy (non-hydrogen) atoms. The lowest BCUT2D eigenvalue weighted by Crippen LogP contribution is -2.13. The Morgan fingerprint density at radius 2 is 2.13 bits per heavy atom. The van der Waals surface area contributed by atoms with Crippen molar-refractivity contribution in [1.29, 1.82) is 0 Å². The number of aromatic amines is 1. The van der Waals surface area contributed by atoms with Crippen molar-refractivity contribution in [3.63, 3.8) is 0 Å².